The fourth-order valence-electron chi connectivity index (χ4n) is 6.17. The number of imide groups is 1. The summed E-state index contributed by atoms with van der Waals surface area (Å²) in [6.45, 7) is 2.16. The van der Waals surface area contributed by atoms with E-state index in [-0.39, 0.29) is 38.0 Å². The first-order chi connectivity index (χ1) is 17.3. The molecule has 10 nitrogen and oxygen atoms in total. The van der Waals surface area contributed by atoms with Gasteiger partial charge >= 0.3 is 0 Å². The molecule has 4 unspecified atom stereocenters. The molecule has 4 atom stereocenters. The van der Waals surface area contributed by atoms with Crippen LogP contribution in [-0.2, 0) is 37.7 Å². The molecule has 2 saturated heterocycles. The second kappa shape index (κ2) is 8.06. The number of carbonyl (C=O) groups is 4. The minimum absolute atomic E-state index is 0.0318. The van der Waals surface area contributed by atoms with E-state index in [0.717, 1.165) is 5.56 Å². The number of hydrogen-bond acceptors (Lipinski definition) is 7. The fraction of sp³-hybridized carbons (Fsp3) is 0.385. The minimum atomic E-state index is -1.40. The zero-order valence-electron chi connectivity index (χ0n) is 19.7. The number of ether oxygens (including phenoxy) is 2. The third kappa shape index (κ3) is 3.07. The van der Waals surface area contributed by atoms with Gasteiger partial charge in [-0.1, -0.05) is 31.2 Å². The lowest BCUT2D eigenvalue weighted by Crippen LogP contribution is -2.53. The maximum Gasteiger partial charge on any atom is 0.250 e. The Morgan fingerprint density at radius 1 is 1.14 bits per heavy atom. The Kier molecular flexibility index (Phi) is 5.04. The molecule has 0 saturated carbocycles. The largest absolute Gasteiger partial charge is 0.454 e. The van der Waals surface area contributed by atoms with Crippen molar-refractivity contribution < 1.29 is 28.7 Å². The van der Waals surface area contributed by atoms with E-state index in [2.05, 4.69) is 10.6 Å². The number of nitrogens with zero attached hydrogens (tertiary/aromatic N) is 1. The number of aryl methyl sites for hydroxylation is 1. The van der Waals surface area contributed by atoms with Crippen molar-refractivity contribution in [2.45, 2.75) is 44.3 Å². The van der Waals surface area contributed by atoms with E-state index in [1.165, 1.54) is 4.90 Å². The maximum atomic E-state index is 13.9. The molecule has 2 aromatic carbocycles. The van der Waals surface area contributed by atoms with Crippen LogP contribution in [0, 0.1) is 11.8 Å². The van der Waals surface area contributed by atoms with Crippen LogP contribution in [-0.4, -0.2) is 41.4 Å². The highest BCUT2D eigenvalue weighted by Gasteiger charge is 2.70. The number of hydrogen-bond donors (Lipinski definition) is 3. The van der Waals surface area contributed by atoms with Gasteiger partial charge in [-0.15, -0.1) is 0 Å². The van der Waals surface area contributed by atoms with Crippen LogP contribution in [0.1, 0.15) is 36.5 Å². The third-order valence-corrected chi connectivity index (χ3v) is 7.79. The molecule has 0 bridgehead atoms. The van der Waals surface area contributed by atoms with Crippen molar-refractivity contribution in [3.05, 3.63) is 53.1 Å². The molecule has 2 aromatic rings. The first kappa shape index (κ1) is 22.5. The van der Waals surface area contributed by atoms with Gasteiger partial charge in [0.25, 0.3) is 0 Å². The number of anilines is 1. The standard InChI is InChI=1S/C26H26N4O6/c1-2-14-4-3-5-15-22(14)28-25(34)26(15)21-20(16(29-26)7-9-19(27)31)23(32)30(24(21)33)11-13-6-8-17-18(10-13)36-12-35-17/h3-6,8,10,16,20-21,29H,2,7,9,11-12H2,1H3,(H2,27,31)(H,28,34). The predicted molar refractivity (Wildman–Crippen MR) is 127 cm³/mol. The van der Waals surface area contributed by atoms with Crippen molar-refractivity contribution in [1.29, 1.82) is 0 Å². The highest BCUT2D eigenvalue weighted by Crippen LogP contribution is 2.54. The van der Waals surface area contributed by atoms with Crippen molar-refractivity contribution in [3.63, 3.8) is 0 Å². The average molecular weight is 491 g/mol. The lowest BCUT2D eigenvalue weighted by Gasteiger charge is -2.29. The Morgan fingerprint density at radius 2 is 1.94 bits per heavy atom. The number of likely N-dealkylation sites (tertiary alicyclic amines) is 1. The number of amides is 4. The summed E-state index contributed by atoms with van der Waals surface area (Å²) in [6, 6.07) is 10.3. The van der Waals surface area contributed by atoms with Crippen LogP contribution in [0.15, 0.2) is 36.4 Å². The highest BCUT2D eigenvalue weighted by atomic mass is 16.7. The van der Waals surface area contributed by atoms with Crippen LogP contribution in [0.25, 0.3) is 0 Å². The molecule has 4 heterocycles. The third-order valence-electron chi connectivity index (χ3n) is 7.79. The lowest BCUT2D eigenvalue weighted by atomic mass is 9.76. The van der Waals surface area contributed by atoms with E-state index in [4.69, 9.17) is 15.2 Å². The first-order valence-electron chi connectivity index (χ1n) is 12.1. The highest BCUT2D eigenvalue weighted by molar-refractivity contribution is 6.15. The number of fused-ring (bicyclic) bond motifs is 5. The van der Waals surface area contributed by atoms with Crippen molar-refractivity contribution >= 4 is 29.3 Å². The summed E-state index contributed by atoms with van der Waals surface area (Å²) in [5.74, 6) is -2.22. The Hall–Kier alpha value is -3.92. The van der Waals surface area contributed by atoms with Gasteiger partial charge in [0, 0.05) is 23.7 Å². The Labute approximate surface area is 207 Å². The van der Waals surface area contributed by atoms with Gasteiger partial charge in [0.15, 0.2) is 11.5 Å². The van der Waals surface area contributed by atoms with Crippen molar-refractivity contribution in [3.8, 4) is 11.5 Å². The van der Waals surface area contributed by atoms with E-state index < -0.39 is 35.2 Å². The maximum absolute atomic E-state index is 13.9. The molecule has 0 aliphatic carbocycles. The second-order valence-electron chi connectivity index (χ2n) is 9.66. The number of carbonyl (C=O) groups excluding carboxylic acids is 4. The van der Waals surface area contributed by atoms with Crippen LogP contribution in [0.2, 0.25) is 0 Å². The molecule has 4 N–H and O–H groups in total. The van der Waals surface area contributed by atoms with Crippen molar-refractivity contribution in [2.24, 2.45) is 17.6 Å². The van der Waals surface area contributed by atoms with Crippen LogP contribution < -0.4 is 25.8 Å². The van der Waals surface area contributed by atoms with Gasteiger partial charge in [0.05, 0.1) is 18.4 Å². The van der Waals surface area contributed by atoms with E-state index >= 15 is 0 Å². The van der Waals surface area contributed by atoms with Crippen LogP contribution in [0.4, 0.5) is 5.69 Å². The number of nitrogens with two attached hydrogens (primary N) is 1. The summed E-state index contributed by atoms with van der Waals surface area (Å²) in [6.07, 6.45) is 0.969. The molecule has 10 heteroatoms. The van der Waals surface area contributed by atoms with Crippen LogP contribution >= 0.6 is 0 Å². The normalized spacial score (nSPS) is 27.5. The quantitative estimate of drug-likeness (QED) is 0.516. The summed E-state index contributed by atoms with van der Waals surface area (Å²) >= 11 is 0. The van der Waals surface area contributed by atoms with Gasteiger partial charge in [0.1, 0.15) is 5.54 Å². The second-order valence-corrected chi connectivity index (χ2v) is 9.66. The number of rotatable bonds is 6. The Morgan fingerprint density at radius 3 is 2.72 bits per heavy atom. The lowest BCUT2D eigenvalue weighted by molar-refractivity contribution is -0.143. The van der Waals surface area contributed by atoms with E-state index in [1.807, 2.05) is 25.1 Å². The SMILES string of the molecule is CCc1cccc2c1NC(=O)C21NC(CCC(N)=O)C2C(=O)N(Cc3ccc4c(c3)OCO4)C(=O)C21. The molecule has 186 valence electrons. The van der Waals surface area contributed by atoms with Gasteiger partial charge < -0.3 is 20.5 Å². The fourth-order valence-corrected chi connectivity index (χ4v) is 6.17. The van der Waals surface area contributed by atoms with Gasteiger partial charge in [-0.25, -0.2) is 0 Å². The molecule has 4 aliphatic rings. The summed E-state index contributed by atoms with van der Waals surface area (Å²) < 4.78 is 10.8. The Balaban J connectivity index is 1.41. The molecule has 2 fully saturated rings. The molecular weight excluding hydrogens is 464 g/mol. The first-order valence-corrected chi connectivity index (χ1v) is 12.1. The summed E-state index contributed by atoms with van der Waals surface area (Å²) in [5.41, 5.74) is 7.00. The summed E-state index contributed by atoms with van der Waals surface area (Å²) in [4.78, 5) is 54.1. The van der Waals surface area contributed by atoms with Crippen molar-refractivity contribution in [1.82, 2.24) is 10.2 Å². The average Bonchev–Trinajstić information content (AvgIpc) is 3.59. The number of primary amides is 1. The summed E-state index contributed by atoms with van der Waals surface area (Å²) in [7, 11) is 0. The zero-order valence-corrected chi connectivity index (χ0v) is 19.7. The van der Waals surface area contributed by atoms with E-state index in [9.17, 15) is 19.2 Å². The minimum Gasteiger partial charge on any atom is -0.454 e. The summed E-state index contributed by atoms with van der Waals surface area (Å²) in [5, 5.41) is 6.31. The molecule has 1 spiro atoms. The topological polar surface area (TPSA) is 140 Å². The van der Waals surface area contributed by atoms with Gasteiger partial charge in [-0.3, -0.25) is 29.4 Å². The molecular formula is C26H26N4O6. The van der Waals surface area contributed by atoms with Crippen LogP contribution in [0.5, 0.6) is 11.5 Å². The molecule has 0 radical (unpaired) electrons. The molecule has 36 heavy (non-hydrogen) atoms. The number of benzene rings is 2. The van der Waals surface area contributed by atoms with Gasteiger partial charge in [0.2, 0.25) is 30.4 Å². The monoisotopic (exact) mass is 490 g/mol. The number of nitrogens with one attached hydrogen (secondary N) is 2. The Bertz CT molecular complexity index is 1330. The van der Waals surface area contributed by atoms with E-state index in [0.29, 0.717) is 34.7 Å². The van der Waals surface area contributed by atoms with Crippen LogP contribution in [0.3, 0.4) is 0 Å². The number of para-hydroxylation sites is 1. The van der Waals surface area contributed by atoms with Gasteiger partial charge in [-0.05, 0) is 36.1 Å². The molecule has 4 aliphatic heterocycles. The molecule has 4 amide bonds. The van der Waals surface area contributed by atoms with E-state index in [1.54, 1.807) is 18.2 Å². The van der Waals surface area contributed by atoms with Gasteiger partial charge in [-0.2, -0.15) is 0 Å². The smallest absolute Gasteiger partial charge is 0.250 e. The zero-order chi connectivity index (χ0) is 25.2. The predicted octanol–water partition coefficient (Wildman–Crippen LogP) is 1.16. The molecule has 6 rings (SSSR count). The molecule has 0 aromatic heterocycles. The van der Waals surface area contributed by atoms with Crippen molar-refractivity contribution in [2.75, 3.05) is 12.1 Å².